The fraction of sp³-hybridized carbons (Fsp3) is 0.304. The summed E-state index contributed by atoms with van der Waals surface area (Å²) < 4.78 is 44.9. The van der Waals surface area contributed by atoms with Gasteiger partial charge in [-0.05, 0) is 44.9 Å². The van der Waals surface area contributed by atoms with Crippen molar-refractivity contribution in [2.75, 3.05) is 0 Å². The van der Waals surface area contributed by atoms with Gasteiger partial charge in [-0.15, -0.1) is 0 Å². The Bertz CT molecular complexity index is 1210. The first kappa shape index (κ1) is 24.6. The molecule has 0 amide bonds. The Morgan fingerprint density at radius 1 is 1.26 bits per heavy atom. The van der Waals surface area contributed by atoms with Gasteiger partial charge in [-0.3, -0.25) is 4.98 Å². The van der Waals surface area contributed by atoms with Crippen LogP contribution in [0.25, 0.3) is 5.57 Å². The van der Waals surface area contributed by atoms with Crippen LogP contribution in [0.5, 0.6) is 0 Å². The second-order valence-corrected chi connectivity index (χ2v) is 7.79. The molecule has 1 fully saturated rings. The summed E-state index contributed by atoms with van der Waals surface area (Å²) in [5.74, 6) is -0.900. The van der Waals surface area contributed by atoms with E-state index in [4.69, 9.17) is 15.7 Å². The summed E-state index contributed by atoms with van der Waals surface area (Å²) in [5, 5.41) is 9.08. The minimum atomic E-state index is -4.62. The number of halogens is 3. The lowest BCUT2D eigenvalue weighted by Gasteiger charge is -2.10. The molecule has 0 spiro atoms. The summed E-state index contributed by atoms with van der Waals surface area (Å²) in [5.41, 5.74) is 5.81. The van der Waals surface area contributed by atoms with Gasteiger partial charge in [0.25, 0.3) is 0 Å². The Morgan fingerprint density at radius 3 is 2.62 bits per heavy atom. The smallest absolute Gasteiger partial charge is 0.433 e. The third kappa shape index (κ3) is 6.48. The second-order valence-electron chi connectivity index (χ2n) is 7.79. The highest BCUT2D eigenvalue weighted by Crippen LogP contribution is 2.40. The van der Waals surface area contributed by atoms with E-state index >= 15 is 0 Å². The Balaban J connectivity index is 1.90. The maximum absolute atomic E-state index is 13.2. The van der Waals surface area contributed by atoms with Crippen LogP contribution in [0, 0.1) is 11.3 Å². The van der Waals surface area contributed by atoms with Crippen molar-refractivity contribution in [1.82, 2.24) is 9.97 Å². The maximum Gasteiger partial charge on any atom is 0.433 e. The zero-order chi connectivity index (χ0) is 24.9. The highest BCUT2D eigenvalue weighted by Gasteiger charge is 2.35. The molecular weight excluding hydrogens is 449 g/mol. The number of hydrogen-bond acceptors (Lipinski definition) is 6. The van der Waals surface area contributed by atoms with Crippen LogP contribution in [0.3, 0.4) is 0 Å². The van der Waals surface area contributed by atoms with Gasteiger partial charge in [0, 0.05) is 41.3 Å². The average molecular weight is 470 g/mol. The van der Waals surface area contributed by atoms with Crippen LogP contribution >= 0.6 is 0 Å². The van der Waals surface area contributed by atoms with Crippen molar-refractivity contribution in [2.24, 2.45) is 15.7 Å². The molecule has 2 aromatic heterocycles. The van der Waals surface area contributed by atoms with E-state index in [2.05, 4.69) is 20.0 Å². The minimum absolute atomic E-state index is 0.0160. The van der Waals surface area contributed by atoms with Crippen molar-refractivity contribution < 1.29 is 22.7 Å². The third-order valence-electron chi connectivity index (χ3n) is 4.64. The lowest BCUT2D eigenvalue weighted by molar-refractivity contribution is -0.141. The van der Waals surface area contributed by atoms with Crippen molar-refractivity contribution >= 4 is 23.7 Å². The number of carbonyl (C=O) groups excluding carboxylic acids is 1. The first-order valence-corrected chi connectivity index (χ1v) is 10.3. The molecule has 0 saturated heterocycles. The number of nitriles is 1. The number of rotatable bonds is 7. The van der Waals surface area contributed by atoms with Crippen molar-refractivity contribution in [3.63, 3.8) is 0 Å². The number of alkyl halides is 3. The minimum Gasteiger partial charge on any atom is -0.459 e. The summed E-state index contributed by atoms with van der Waals surface area (Å²) in [6.45, 7) is 3.35. The van der Waals surface area contributed by atoms with E-state index in [0.717, 1.165) is 31.4 Å². The molecule has 0 atom stereocenters. The maximum atomic E-state index is 13.2. The fourth-order valence-corrected chi connectivity index (χ4v) is 2.88. The molecule has 2 N–H and O–H groups in total. The highest BCUT2D eigenvalue weighted by molar-refractivity contribution is 6.16. The van der Waals surface area contributed by atoms with Crippen molar-refractivity contribution in [2.45, 2.75) is 44.9 Å². The molecule has 1 aliphatic carbocycles. The molecule has 0 aliphatic heterocycles. The number of nitrogens with two attached hydrogens (primary N) is 1. The van der Waals surface area contributed by atoms with Gasteiger partial charge in [0.2, 0.25) is 0 Å². The summed E-state index contributed by atoms with van der Waals surface area (Å²) in [6, 6.07) is 5.70. The molecule has 1 saturated carbocycles. The first-order valence-electron chi connectivity index (χ1n) is 10.3. The number of hydrogen-bond donors (Lipinski definition) is 1. The van der Waals surface area contributed by atoms with Gasteiger partial charge in [0.15, 0.2) is 0 Å². The number of nitrogens with zero attached hydrogens (tertiary/aromatic N) is 5. The van der Waals surface area contributed by atoms with E-state index in [-0.39, 0.29) is 28.5 Å². The van der Waals surface area contributed by atoms with Crippen molar-refractivity contribution in [3.8, 4) is 6.07 Å². The van der Waals surface area contributed by atoms with Crippen molar-refractivity contribution in [3.05, 3.63) is 64.9 Å². The molecule has 0 unspecified atom stereocenters. The largest absolute Gasteiger partial charge is 0.459 e. The molecule has 2 heterocycles. The molecule has 2 aromatic rings. The van der Waals surface area contributed by atoms with Crippen LogP contribution in [-0.2, 0) is 15.7 Å². The highest BCUT2D eigenvalue weighted by atomic mass is 19.4. The summed E-state index contributed by atoms with van der Waals surface area (Å²) in [4.78, 5) is 28.0. The number of pyridine rings is 2. The van der Waals surface area contributed by atoms with E-state index in [0.29, 0.717) is 11.3 Å². The predicted octanol–water partition coefficient (Wildman–Crippen LogP) is 3.97. The van der Waals surface area contributed by atoms with Gasteiger partial charge >= 0.3 is 12.1 Å². The molecule has 176 valence electrons. The van der Waals surface area contributed by atoms with Gasteiger partial charge < -0.3 is 10.5 Å². The topological polar surface area (TPSA) is 127 Å². The quantitative estimate of drug-likeness (QED) is 0.282. The number of carbonyl (C=O) groups is 1. The van der Waals surface area contributed by atoms with Crippen LogP contribution in [0.1, 0.15) is 60.7 Å². The molecule has 0 bridgehead atoms. The van der Waals surface area contributed by atoms with E-state index < -0.39 is 23.9 Å². The Morgan fingerprint density at radius 2 is 2.00 bits per heavy atom. The predicted molar refractivity (Wildman–Crippen MR) is 119 cm³/mol. The van der Waals surface area contributed by atoms with E-state index in [1.54, 1.807) is 13.8 Å². The van der Waals surface area contributed by atoms with Gasteiger partial charge in [0.05, 0.1) is 17.2 Å². The molecule has 34 heavy (non-hydrogen) atoms. The fourth-order valence-electron chi connectivity index (χ4n) is 2.88. The van der Waals surface area contributed by atoms with Gasteiger partial charge in [-0.1, -0.05) is 0 Å². The third-order valence-corrected chi connectivity index (χ3v) is 4.64. The molecule has 11 heteroatoms. The number of esters is 1. The zero-order valence-corrected chi connectivity index (χ0v) is 18.4. The molecular formula is C23H21F3N6O2. The zero-order valence-electron chi connectivity index (χ0n) is 18.4. The van der Waals surface area contributed by atoms with E-state index in [9.17, 15) is 18.0 Å². The van der Waals surface area contributed by atoms with Crippen LogP contribution < -0.4 is 5.73 Å². The van der Waals surface area contributed by atoms with E-state index in [1.807, 2.05) is 6.07 Å². The number of aliphatic imine (C=N–C) groups is 2. The second kappa shape index (κ2) is 10.2. The Hall–Kier alpha value is -4.07. The van der Waals surface area contributed by atoms with Crippen molar-refractivity contribution in [1.29, 1.82) is 5.26 Å². The summed E-state index contributed by atoms with van der Waals surface area (Å²) in [6.07, 6.45) is 1.39. The molecule has 3 rings (SSSR count). The molecule has 0 aromatic carbocycles. The monoisotopic (exact) mass is 470 g/mol. The van der Waals surface area contributed by atoms with Crippen LogP contribution in [-0.4, -0.2) is 34.2 Å². The molecule has 8 nitrogen and oxygen atoms in total. The molecule has 0 radical (unpaired) electrons. The Kier molecular flexibility index (Phi) is 7.40. The molecule has 1 aliphatic rings. The van der Waals surface area contributed by atoms with Crippen LogP contribution in [0.2, 0.25) is 0 Å². The summed E-state index contributed by atoms with van der Waals surface area (Å²) >= 11 is 0. The van der Waals surface area contributed by atoms with Gasteiger partial charge in [-0.25, -0.2) is 19.8 Å². The summed E-state index contributed by atoms with van der Waals surface area (Å²) in [7, 11) is 0. The standard InChI is InChI=1S/C23H21F3N6O2/c1-13(2)34-22(33)18(17-5-14(8-27)9-29-10-17)11-30-12-31-21(28)16-6-19(15-3-4-15)32-20(7-16)23(24,25)26/h5-7,9-13,15H,3-4H2,1-2H3,(H2,28,30,31)/b18-11+. The Labute approximate surface area is 193 Å². The van der Waals surface area contributed by atoms with Gasteiger partial charge in [0.1, 0.15) is 23.9 Å². The lowest BCUT2D eigenvalue weighted by atomic mass is 10.1. The normalized spacial score (nSPS) is 15.0. The number of ether oxygens (including phenoxy) is 1. The van der Waals surface area contributed by atoms with E-state index in [1.165, 1.54) is 24.5 Å². The van der Waals surface area contributed by atoms with Gasteiger partial charge in [-0.2, -0.15) is 18.4 Å². The van der Waals surface area contributed by atoms with Crippen LogP contribution in [0.4, 0.5) is 13.2 Å². The lowest BCUT2D eigenvalue weighted by Crippen LogP contribution is -2.17. The van der Waals surface area contributed by atoms with Crippen LogP contribution in [0.15, 0.2) is 46.8 Å². The number of aromatic nitrogens is 2. The SMILES string of the molecule is CC(C)OC(=O)/C(=C/N=CN=C(N)c1cc(C2CC2)nc(C(F)(F)F)c1)c1cncc(C#N)c1. The average Bonchev–Trinajstić information content (AvgIpc) is 3.63. The number of amidine groups is 1. The first-order chi connectivity index (χ1) is 16.1.